The SMILES string of the molecule is CC(=O)[N-]S(=O)(=O)c1ccc(Nc2ncc3c(n2)N(C)c2ccccc2C(=O)N3C)cc1.CCC(=O)[N-]S(=O)(=O)c1ccc(Nc2ncc3c(n2)N(C)c2ccccc2C(=O)N3C)cc1.[Na+].[Na+]. The number of carbonyl (C=O) groups excluding carboxylic acids is 4. The number of aromatic nitrogens is 4. The number of fused-ring (bicyclic) bond motifs is 4. The van der Waals surface area contributed by atoms with Crippen molar-refractivity contribution in [3.63, 3.8) is 0 Å². The van der Waals surface area contributed by atoms with Gasteiger partial charge in [-0.1, -0.05) is 31.2 Å². The molecule has 4 heterocycles. The van der Waals surface area contributed by atoms with Crippen LogP contribution in [0.4, 0.5) is 57.7 Å². The van der Waals surface area contributed by atoms with Gasteiger partial charge in [0, 0.05) is 39.6 Å². The van der Waals surface area contributed by atoms with Gasteiger partial charge < -0.3 is 49.3 Å². The first-order valence-electron chi connectivity index (χ1n) is 19.6. The zero-order valence-corrected chi connectivity index (χ0v) is 43.3. The van der Waals surface area contributed by atoms with Crippen LogP contribution < -0.4 is 89.3 Å². The van der Waals surface area contributed by atoms with E-state index in [4.69, 9.17) is 0 Å². The molecule has 2 aliphatic rings. The molecule has 24 heteroatoms. The predicted octanol–water partition coefficient (Wildman–Crippen LogP) is 0.772. The van der Waals surface area contributed by atoms with Crippen molar-refractivity contribution in [3.8, 4) is 0 Å². The van der Waals surface area contributed by atoms with Crippen LogP contribution in [0.2, 0.25) is 0 Å². The van der Waals surface area contributed by atoms with E-state index in [-0.39, 0.29) is 99.0 Å². The van der Waals surface area contributed by atoms with Crippen molar-refractivity contribution < 1.29 is 95.1 Å². The van der Waals surface area contributed by atoms with Gasteiger partial charge in [-0.15, -0.1) is 0 Å². The van der Waals surface area contributed by atoms with Crippen molar-refractivity contribution in [2.45, 2.75) is 30.1 Å². The molecule has 0 spiro atoms. The molecule has 4 amide bonds. The molecular formula is C43H40N12Na2O8S2. The Labute approximate surface area is 431 Å². The number of benzene rings is 4. The zero-order valence-electron chi connectivity index (χ0n) is 37.7. The summed E-state index contributed by atoms with van der Waals surface area (Å²) < 4.78 is 54.8. The van der Waals surface area contributed by atoms with Gasteiger partial charge in [0.2, 0.25) is 11.9 Å². The Morgan fingerprint density at radius 1 is 0.552 bits per heavy atom. The second-order valence-electron chi connectivity index (χ2n) is 14.4. The van der Waals surface area contributed by atoms with Crippen molar-refractivity contribution >= 4 is 101 Å². The van der Waals surface area contributed by atoms with Crippen LogP contribution in [0.3, 0.4) is 0 Å². The van der Waals surface area contributed by atoms with Crippen molar-refractivity contribution in [1.82, 2.24) is 19.9 Å². The van der Waals surface area contributed by atoms with Crippen LogP contribution in [0.15, 0.2) is 119 Å². The first-order valence-corrected chi connectivity index (χ1v) is 22.5. The van der Waals surface area contributed by atoms with Crippen LogP contribution in [0.1, 0.15) is 41.0 Å². The van der Waals surface area contributed by atoms with Gasteiger partial charge in [-0.05, 0) is 86.1 Å². The van der Waals surface area contributed by atoms with E-state index in [2.05, 4.69) is 40.0 Å². The van der Waals surface area contributed by atoms with E-state index < -0.39 is 31.9 Å². The van der Waals surface area contributed by atoms with Crippen LogP contribution in [0.5, 0.6) is 0 Å². The topological polar surface area (TPSA) is 253 Å². The normalized spacial score (nSPS) is 12.7. The average Bonchev–Trinajstić information content (AvgIpc) is 3.42. The average molecular weight is 963 g/mol. The molecule has 2 aromatic heterocycles. The Balaban J connectivity index is 0.000000244. The number of nitrogens with one attached hydrogen (secondary N) is 2. The van der Waals surface area contributed by atoms with E-state index in [9.17, 15) is 36.0 Å². The van der Waals surface area contributed by atoms with E-state index in [0.29, 0.717) is 45.5 Å². The molecule has 0 radical (unpaired) electrons. The van der Waals surface area contributed by atoms with Gasteiger partial charge in [-0.3, -0.25) is 9.59 Å². The van der Waals surface area contributed by atoms with Gasteiger partial charge in [-0.2, -0.15) is 9.97 Å². The third kappa shape index (κ3) is 11.2. The van der Waals surface area contributed by atoms with Crippen molar-refractivity contribution in [3.05, 3.63) is 130 Å². The Hall–Kier alpha value is -5.98. The summed E-state index contributed by atoms with van der Waals surface area (Å²) in [5.41, 5.74) is 4.72. The van der Waals surface area contributed by atoms with Gasteiger partial charge in [-0.25, -0.2) is 26.8 Å². The van der Waals surface area contributed by atoms with E-state index in [1.165, 1.54) is 58.3 Å². The molecule has 6 aromatic rings. The number of carbonyl (C=O) groups is 4. The third-order valence-corrected chi connectivity index (χ3v) is 12.7. The fraction of sp³-hybridized carbons (Fsp3) is 0.163. The Bertz CT molecular complexity index is 3090. The maximum absolute atomic E-state index is 12.9. The minimum atomic E-state index is -4.05. The number of hydrogen-bond donors (Lipinski definition) is 2. The van der Waals surface area contributed by atoms with Crippen LogP contribution in [0, 0.1) is 0 Å². The Kier molecular flexibility index (Phi) is 16.5. The van der Waals surface area contributed by atoms with Crippen LogP contribution in [0.25, 0.3) is 9.44 Å². The van der Waals surface area contributed by atoms with Gasteiger partial charge in [0.25, 0.3) is 11.8 Å². The molecule has 0 bridgehead atoms. The largest absolute Gasteiger partial charge is 1.00 e. The van der Waals surface area contributed by atoms with Gasteiger partial charge in [0.1, 0.15) is 31.4 Å². The number of rotatable bonds is 9. The second kappa shape index (κ2) is 21.3. The molecular weight excluding hydrogens is 923 g/mol. The second-order valence-corrected chi connectivity index (χ2v) is 17.6. The molecule has 0 atom stereocenters. The first kappa shape index (κ1) is 52.0. The summed E-state index contributed by atoms with van der Waals surface area (Å²) in [6, 6.07) is 26.0. The molecule has 334 valence electrons. The standard InChI is InChI=1S/C22H22N6O4S.C21H20N6O4S.2Na/c1-4-19(29)26-33(31,32)15-11-9-14(10-12-15)24-22-23-13-18-20(25-22)27(2)17-8-6-5-7-16(17)21(30)28(18)3;1-13(28)25-32(30,31)15-10-8-14(9-11-15)23-21-22-12-18-19(24-21)26(2)17-7-5-4-6-16(17)20(29)27(18)3;;/h5-13H,4H2,1-3H3,(H2,23,24,25,26,29);4-12H,1-3H3,(H2,22,23,24,25,28);;/q;;2*+1/p-2. The number of anilines is 10. The van der Waals surface area contributed by atoms with Crippen molar-refractivity contribution in [2.24, 2.45) is 0 Å². The molecule has 2 N–H and O–H groups in total. The minimum absolute atomic E-state index is 0. The smallest absolute Gasteiger partial charge is 0.542 e. The van der Waals surface area contributed by atoms with Gasteiger partial charge in [0.05, 0.1) is 56.5 Å². The summed E-state index contributed by atoms with van der Waals surface area (Å²) in [6.45, 7) is 2.61. The van der Waals surface area contributed by atoms with Crippen LogP contribution in [-0.4, -0.2) is 88.6 Å². The van der Waals surface area contributed by atoms with Gasteiger partial charge >= 0.3 is 59.1 Å². The molecule has 0 fully saturated rings. The number of para-hydroxylation sites is 2. The number of nitrogens with zero attached hydrogens (tertiary/aromatic N) is 10. The summed E-state index contributed by atoms with van der Waals surface area (Å²) in [6.07, 6.45) is 3.11. The third-order valence-electron chi connectivity index (χ3n) is 10.0. The van der Waals surface area contributed by atoms with E-state index in [1.807, 2.05) is 54.2 Å². The van der Waals surface area contributed by atoms with Crippen LogP contribution >= 0.6 is 0 Å². The molecule has 4 aromatic carbocycles. The number of hydrogen-bond acceptors (Lipinski definition) is 16. The van der Waals surface area contributed by atoms with Crippen molar-refractivity contribution in [1.29, 1.82) is 0 Å². The van der Waals surface area contributed by atoms with Crippen LogP contribution in [-0.2, 0) is 29.6 Å². The minimum Gasteiger partial charge on any atom is -0.542 e. The number of sulfonamides is 2. The zero-order chi connectivity index (χ0) is 46.8. The fourth-order valence-corrected chi connectivity index (χ4v) is 8.58. The summed E-state index contributed by atoms with van der Waals surface area (Å²) >= 11 is 0. The molecule has 0 saturated carbocycles. The molecule has 0 saturated heterocycles. The Morgan fingerprint density at radius 3 is 1.30 bits per heavy atom. The summed E-state index contributed by atoms with van der Waals surface area (Å²) in [5.74, 6) is -0.230. The molecule has 67 heavy (non-hydrogen) atoms. The summed E-state index contributed by atoms with van der Waals surface area (Å²) in [5, 5.41) is 6.05. The van der Waals surface area contributed by atoms with E-state index in [1.54, 1.807) is 51.6 Å². The Morgan fingerprint density at radius 2 is 0.925 bits per heavy atom. The van der Waals surface area contributed by atoms with E-state index in [0.717, 1.165) is 18.3 Å². The molecule has 2 aliphatic heterocycles. The molecule has 20 nitrogen and oxygen atoms in total. The maximum atomic E-state index is 12.9. The predicted molar refractivity (Wildman–Crippen MR) is 245 cm³/mol. The van der Waals surface area contributed by atoms with E-state index >= 15 is 0 Å². The van der Waals surface area contributed by atoms with Gasteiger partial charge in [0.15, 0.2) is 11.6 Å². The molecule has 8 rings (SSSR count). The van der Waals surface area contributed by atoms with Crippen molar-refractivity contribution in [2.75, 3.05) is 58.4 Å². The number of amides is 4. The molecule has 0 unspecified atom stereocenters. The summed E-state index contributed by atoms with van der Waals surface area (Å²) in [7, 11) is -1.12. The monoisotopic (exact) mass is 962 g/mol. The molecule has 0 aliphatic carbocycles. The first-order chi connectivity index (χ1) is 30.9. The maximum Gasteiger partial charge on any atom is 1.00 e. The summed E-state index contributed by atoms with van der Waals surface area (Å²) in [4.78, 5) is 72.4. The fourth-order valence-electron chi connectivity index (χ4n) is 6.67. The quantitative estimate of drug-likeness (QED) is 0.190.